The molecule has 0 bridgehead atoms. The molecule has 5 heteroatoms. The molecule has 1 aromatic carbocycles. The molecule has 0 unspecified atom stereocenters. The number of carbonyl (C=O) groups excluding carboxylic acids is 2. The first-order valence-corrected chi connectivity index (χ1v) is 11.2. The maximum atomic E-state index is 13.1. The summed E-state index contributed by atoms with van der Waals surface area (Å²) >= 11 is 0. The van der Waals surface area contributed by atoms with Gasteiger partial charge in [0, 0.05) is 30.9 Å². The van der Waals surface area contributed by atoms with Crippen LogP contribution in [0.3, 0.4) is 0 Å². The topological polar surface area (TPSA) is 51.5 Å². The largest absolute Gasteiger partial charge is 0.466 e. The zero-order valence-corrected chi connectivity index (χ0v) is 18.3. The van der Waals surface area contributed by atoms with Crippen molar-refractivity contribution in [1.29, 1.82) is 0 Å². The minimum absolute atomic E-state index is 0.0539. The number of nitrogens with zero attached hydrogens (tertiary/aromatic N) is 2. The fourth-order valence-electron chi connectivity index (χ4n) is 4.33. The summed E-state index contributed by atoms with van der Waals surface area (Å²) in [4.78, 5) is 26.9. The van der Waals surface area contributed by atoms with Crippen LogP contribution >= 0.6 is 0 Å². The Hall–Kier alpha value is -2.56. The van der Waals surface area contributed by atoms with Crippen molar-refractivity contribution in [2.75, 3.05) is 6.61 Å². The first-order chi connectivity index (χ1) is 14.6. The van der Waals surface area contributed by atoms with Crippen molar-refractivity contribution in [1.82, 2.24) is 9.47 Å². The van der Waals surface area contributed by atoms with Gasteiger partial charge in [-0.3, -0.25) is 9.59 Å². The Balaban J connectivity index is 1.72. The molecule has 1 heterocycles. The smallest absolute Gasteiger partial charge is 0.306 e. The van der Waals surface area contributed by atoms with Gasteiger partial charge in [-0.2, -0.15) is 0 Å². The average Bonchev–Trinajstić information content (AvgIpc) is 3.17. The Kier molecular flexibility index (Phi) is 8.12. The molecule has 1 saturated carbocycles. The van der Waals surface area contributed by atoms with Crippen LogP contribution in [0.1, 0.15) is 68.7 Å². The van der Waals surface area contributed by atoms with Crippen molar-refractivity contribution < 1.29 is 14.3 Å². The number of rotatable bonds is 9. The summed E-state index contributed by atoms with van der Waals surface area (Å²) in [6.07, 6.45) is 8.11. The van der Waals surface area contributed by atoms with Crippen LogP contribution in [0.15, 0.2) is 42.6 Å². The molecule has 3 rings (SSSR count). The lowest BCUT2D eigenvalue weighted by atomic mass is 9.93. The molecule has 0 aliphatic heterocycles. The summed E-state index contributed by atoms with van der Waals surface area (Å²) in [6.45, 7) is 5.63. The summed E-state index contributed by atoms with van der Waals surface area (Å²) < 4.78 is 7.23. The predicted molar refractivity (Wildman–Crippen MR) is 118 cm³/mol. The van der Waals surface area contributed by atoms with Gasteiger partial charge in [0.1, 0.15) is 0 Å². The first-order valence-electron chi connectivity index (χ1n) is 11.2. The van der Waals surface area contributed by atoms with Crippen molar-refractivity contribution in [3.05, 3.63) is 59.4 Å². The molecule has 0 N–H and O–H groups in total. The van der Waals surface area contributed by atoms with Crippen molar-refractivity contribution in [3.63, 3.8) is 0 Å². The van der Waals surface area contributed by atoms with Gasteiger partial charge >= 0.3 is 5.97 Å². The van der Waals surface area contributed by atoms with E-state index in [4.69, 9.17) is 4.74 Å². The molecule has 0 radical (unpaired) electrons. The highest BCUT2D eigenvalue weighted by atomic mass is 16.5. The molecule has 0 spiro atoms. The van der Waals surface area contributed by atoms with Gasteiger partial charge in [0.2, 0.25) is 5.91 Å². The van der Waals surface area contributed by atoms with Crippen LogP contribution in [0, 0.1) is 6.92 Å². The zero-order chi connectivity index (χ0) is 21.3. The Morgan fingerprint density at radius 2 is 1.90 bits per heavy atom. The van der Waals surface area contributed by atoms with Gasteiger partial charge in [-0.1, -0.05) is 49.1 Å². The van der Waals surface area contributed by atoms with E-state index in [0.717, 1.165) is 37.9 Å². The molecule has 1 amide bonds. The molecule has 0 saturated heterocycles. The first kappa shape index (κ1) is 22.1. The summed E-state index contributed by atoms with van der Waals surface area (Å²) in [5.41, 5.74) is 3.64. The number of hydrogen-bond acceptors (Lipinski definition) is 3. The molecule has 1 aliphatic carbocycles. The summed E-state index contributed by atoms with van der Waals surface area (Å²) in [7, 11) is 0. The minimum Gasteiger partial charge on any atom is -0.466 e. The third-order valence-electron chi connectivity index (χ3n) is 5.88. The molecule has 2 aromatic rings. The molecular formula is C25H34N2O3. The van der Waals surface area contributed by atoms with E-state index < -0.39 is 0 Å². The molecule has 0 atom stereocenters. The second-order valence-corrected chi connectivity index (χ2v) is 8.23. The molecule has 5 nitrogen and oxygen atoms in total. The van der Waals surface area contributed by atoms with E-state index >= 15 is 0 Å². The Bertz CT molecular complexity index is 836. The Morgan fingerprint density at radius 3 is 2.63 bits per heavy atom. The SMILES string of the molecule is CCOC(=O)CCC(=O)N(Cc1cccn1Cc1cccc(C)c1)C1CCCCC1. The van der Waals surface area contributed by atoms with E-state index in [1.54, 1.807) is 6.92 Å². The molecule has 162 valence electrons. The van der Waals surface area contributed by atoms with Crippen LogP contribution in [0.4, 0.5) is 0 Å². The number of ether oxygens (including phenoxy) is 1. The zero-order valence-electron chi connectivity index (χ0n) is 18.3. The van der Waals surface area contributed by atoms with Crippen LogP contribution in [-0.2, 0) is 27.4 Å². The van der Waals surface area contributed by atoms with Crippen molar-refractivity contribution >= 4 is 11.9 Å². The van der Waals surface area contributed by atoms with E-state index in [0.29, 0.717) is 13.2 Å². The standard InChI is InChI=1S/C25H34N2O3/c1-3-30-25(29)15-14-24(28)27(22-11-5-4-6-12-22)19-23-13-8-16-26(23)18-21-10-7-9-20(2)17-21/h7-10,13,16-17,22H,3-6,11-12,14-15,18-19H2,1-2H3. The average molecular weight is 411 g/mol. The van der Waals surface area contributed by atoms with Gasteiger partial charge < -0.3 is 14.2 Å². The van der Waals surface area contributed by atoms with Crippen LogP contribution in [-0.4, -0.2) is 34.0 Å². The third-order valence-corrected chi connectivity index (χ3v) is 5.88. The fourth-order valence-corrected chi connectivity index (χ4v) is 4.33. The van der Waals surface area contributed by atoms with E-state index in [1.165, 1.54) is 17.5 Å². The van der Waals surface area contributed by atoms with Gasteiger partial charge in [0.15, 0.2) is 0 Å². The van der Waals surface area contributed by atoms with Crippen LogP contribution < -0.4 is 0 Å². The summed E-state index contributed by atoms with van der Waals surface area (Å²) in [6, 6.07) is 12.9. The molecule has 1 aromatic heterocycles. The monoisotopic (exact) mass is 410 g/mol. The maximum Gasteiger partial charge on any atom is 0.306 e. The molecule has 1 aliphatic rings. The number of carbonyl (C=O) groups is 2. The molecule has 1 fully saturated rings. The van der Waals surface area contributed by atoms with Crippen molar-refractivity contribution in [3.8, 4) is 0 Å². The van der Waals surface area contributed by atoms with Crippen LogP contribution in [0.5, 0.6) is 0 Å². The summed E-state index contributed by atoms with van der Waals surface area (Å²) in [5.74, 6) is -0.240. The lowest BCUT2D eigenvalue weighted by Gasteiger charge is -2.35. The molecule has 30 heavy (non-hydrogen) atoms. The number of benzene rings is 1. The summed E-state index contributed by atoms with van der Waals surface area (Å²) in [5, 5.41) is 0. The Morgan fingerprint density at radius 1 is 1.10 bits per heavy atom. The highest BCUT2D eigenvalue weighted by molar-refractivity contribution is 5.81. The minimum atomic E-state index is -0.294. The van der Waals surface area contributed by atoms with Crippen LogP contribution in [0.2, 0.25) is 0 Å². The number of aromatic nitrogens is 1. The quantitative estimate of drug-likeness (QED) is 0.555. The third kappa shape index (κ3) is 6.22. The van der Waals surface area contributed by atoms with Crippen molar-refractivity contribution in [2.24, 2.45) is 0 Å². The Labute approximate surface area is 180 Å². The van der Waals surface area contributed by atoms with E-state index in [9.17, 15) is 9.59 Å². The number of hydrogen-bond donors (Lipinski definition) is 0. The van der Waals surface area contributed by atoms with E-state index in [2.05, 4.69) is 48.0 Å². The lowest BCUT2D eigenvalue weighted by Crippen LogP contribution is -2.41. The van der Waals surface area contributed by atoms with E-state index in [-0.39, 0.29) is 30.8 Å². The van der Waals surface area contributed by atoms with Gasteiger partial charge in [-0.25, -0.2) is 0 Å². The highest BCUT2D eigenvalue weighted by Gasteiger charge is 2.26. The normalized spacial score (nSPS) is 14.5. The molecular weight excluding hydrogens is 376 g/mol. The lowest BCUT2D eigenvalue weighted by molar-refractivity contribution is -0.146. The number of amides is 1. The number of esters is 1. The van der Waals surface area contributed by atoms with Gasteiger partial charge in [0.05, 0.1) is 19.6 Å². The van der Waals surface area contributed by atoms with Gasteiger partial charge in [-0.05, 0) is 44.4 Å². The number of aryl methyl sites for hydroxylation is 1. The fraction of sp³-hybridized carbons (Fsp3) is 0.520. The van der Waals surface area contributed by atoms with E-state index in [1.807, 2.05) is 11.0 Å². The van der Waals surface area contributed by atoms with Crippen LogP contribution in [0.25, 0.3) is 0 Å². The second-order valence-electron chi connectivity index (χ2n) is 8.23. The van der Waals surface area contributed by atoms with Gasteiger partial charge in [0.25, 0.3) is 0 Å². The predicted octanol–water partition coefficient (Wildman–Crippen LogP) is 4.85. The van der Waals surface area contributed by atoms with Crippen molar-refractivity contribution in [2.45, 2.75) is 77.9 Å². The second kappa shape index (κ2) is 11.0. The highest BCUT2D eigenvalue weighted by Crippen LogP contribution is 2.25. The maximum absolute atomic E-state index is 13.1. The van der Waals surface area contributed by atoms with Gasteiger partial charge in [-0.15, -0.1) is 0 Å².